The molecule has 0 unspecified atom stereocenters. The van der Waals surface area contributed by atoms with Crippen molar-refractivity contribution in [3.8, 4) is 0 Å². The molecule has 7 heteroatoms. The standard InChI is InChI=1S/C11H14BrFN2O3/c1-11(5-16,6-17)15-10(18)14-9-3-7(12)2-8(13)4-9/h2-4,16-17H,5-6H2,1H3,(H2,14,15,18). The van der Waals surface area contributed by atoms with Crippen molar-refractivity contribution in [2.24, 2.45) is 0 Å². The van der Waals surface area contributed by atoms with Crippen LogP contribution in [0.25, 0.3) is 0 Å². The zero-order chi connectivity index (χ0) is 13.8. The summed E-state index contributed by atoms with van der Waals surface area (Å²) in [5.74, 6) is -0.494. The molecule has 0 aliphatic carbocycles. The number of carbonyl (C=O) groups is 1. The van der Waals surface area contributed by atoms with Crippen LogP contribution < -0.4 is 10.6 Å². The second-order valence-electron chi connectivity index (χ2n) is 4.11. The molecule has 2 amide bonds. The van der Waals surface area contributed by atoms with Crippen LogP contribution in [0.2, 0.25) is 0 Å². The van der Waals surface area contributed by atoms with Gasteiger partial charge in [0, 0.05) is 10.2 Å². The van der Waals surface area contributed by atoms with E-state index in [9.17, 15) is 9.18 Å². The van der Waals surface area contributed by atoms with E-state index in [0.29, 0.717) is 4.47 Å². The lowest BCUT2D eigenvalue weighted by molar-refractivity contribution is 0.111. The Morgan fingerprint density at radius 2 is 2.00 bits per heavy atom. The van der Waals surface area contributed by atoms with Crippen molar-refractivity contribution in [1.82, 2.24) is 5.32 Å². The van der Waals surface area contributed by atoms with Crippen LogP contribution in [0, 0.1) is 5.82 Å². The number of halogens is 2. The molecule has 0 bridgehead atoms. The van der Waals surface area contributed by atoms with E-state index >= 15 is 0 Å². The van der Waals surface area contributed by atoms with Gasteiger partial charge in [0.05, 0.1) is 18.8 Å². The van der Waals surface area contributed by atoms with Gasteiger partial charge < -0.3 is 20.8 Å². The smallest absolute Gasteiger partial charge is 0.319 e. The third-order valence-corrected chi connectivity index (χ3v) is 2.69. The largest absolute Gasteiger partial charge is 0.394 e. The molecule has 0 radical (unpaired) electrons. The fourth-order valence-corrected chi connectivity index (χ4v) is 1.66. The zero-order valence-electron chi connectivity index (χ0n) is 9.70. The molecule has 1 rings (SSSR count). The first-order valence-corrected chi connectivity index (χ1v) is 5.95. The van der Waals surface area contributed by atoms with Gasteiger partial charge >= 0.3 is 6.03 Å². The van der Waals surface area contributed by atoms with Crippen LogP contribution in [0.5, 0.6) is 0 Å². The van der Waals surface area contributed by atoms with Gasteiger partial charge in [-0.2, -0.15) is 0 Å². The highest BCUT2D eigenvalue weighted by molar-refractivity contribution is 9.10. The van der Waals surface area contributed by atoms with Gasteiger partial charge in [-0.15, -0.1) is 0 Å². The number of rotatable bonds is 4. The lowest BCUT2D eigenvalue weighted by Gasteiger charge is -2.26. The first kappa shape index (κ1) is 14.9. The van der Waals surface area contributed by atoms with Crippen molar-refractivity contribution in [1.29, 1.82) is 0 Å². The van der Waals surface area contributed by atoms with Gasteiger partial charge in [0.25, 0.3) is 0 Å². The maximum absolute atomic E-state index is 13.1. The Morgan fingerprint density at radius 3 is 2.50 bits per heavy atom. The lowest BCUT2D eigenvalue weighted by Crippen LogP contribution is -2.53. The quantitative estimate of drug-likeness (QED) is 0.678. The number of benzene rings is 1. The van der Waals surface area contributed by atoms with E-state index in [1.54, 1.807) is 0 Å². The summed E-state index contributed by atoms with van der Waals surface area (Å²) >= 11 is 3.10. The summed E-state index contributed by atoms with van der Waals surface area (Å²) in [6, 6.07) is 3.30. The Bertz CT molecular complexity index is 418. The van der Waals surface area contributed by atoms with Crippen molar-refractivity contribution in [2.45, 2.75) is 12.5 Å². The van der Waals surface area contributed by atoms with Crippen LogP contribution in [0.15, 0.2) is 22.7 Å². The second-order valence-corrected chi connectivity index (χ2v) is 5.03. The predicted molar refractivity (Wildman–Crippen MR) is 68.8 cm³/mol. The van der Waals surface area contributed by atoms with Crippen molar-refractivity contribution in [3.05, 3.63) is 28.5 Å². The van der Waals surface area contributed by atoms with E-state index in [1.165, 1.54) is 19.1 Å². The number of urea groups is 1. The number of nitrogens with one attached hydrogen (secondary N) is 2. The minimum atomic E-state index is -1.13. The van der Waals surface area contributed by atoms with E-state index in [4.69, 9.17) is 10.2 Å². The van der Waals surface area contributed by atoms with Crippen LogP contribution >= 0.6 is 15.9 Å². The molecule has 4 N–H and O–H groups in total. The molecular formula is C11H14BrFN2O3. The van der Waals surface area contributed by atoms with Crippen molar-refractivity contribution in [3.63, 3.8) is 0 Å². The van der Waals surface area contributed by atoms with Gasteiger partial charge in [-0.3, -0.25) is 0 Å². The summed E-state index contributed by atoms with van der Waals surface area (Å²) < 4.78 is 13.6. The first-order chi connectivity index (χ1) is 8.38. The topological polar surface area (TPSA) is 81.6 Å². The molecule has 0 atom stereocenters. The maximum atomic E-state index is 13.1. The van der Waals surface area contributed by atoms with E-state index in [1.807, 2.05) is 0 Å². The van der Waals surface area contributed by atoms with Crippen LogP contribution in [0.4, 0.5) is 14.9 Å². The average molecular weight is 321 g/mol. The number of carbonyl (C=O) groups excluding carboxylic acids is 1. The third kappa shape index (κ3) is 4.25. The highest BCUT2D eigenvalue weighted by Crippen LogP contribution is 2.18. The summed E-state index contributed by atoms with van der Waals surface area (Å²) in [6.45, 7) is 0.654. The molecule has 100 valence electrons. The number of aliphatic hydroxyl groups excluding tert-OH is 2. The SMILES string of the molecule is CC(CO)(CO)NC(=O)Nc1cc(F)cc(Br)c1. The van der Waals surface area contributed by atoms with Gasteiger partial charge in [-0.25, -0.2) is 9.18 Å². The lowest BCUT2D eigenvalue weighted by atomic mass is 10.1. The summed E-state index contributed by atoms with van der Waals surface area (Å²) in [7, 11) is 0. The maximum Gasteiger partial charge on any atom is 0.319 e. The molecule has 0 saturated heterocycles. The number of anilines is 1. The van der Waals surface area contributed by atoms with Crippen LogP contribution in [-0.2, 0) is 0 Å². The zero-order valence-corrected chi connectivity index (χ0v) is 11.3. The van der Waals surface area contributed by atoms with Crippen LogP contribution in [0.1, 0.15) is 6.92 Å². The molecule has 0 heterocycles. The molecule has 0 fully saturated rings. The fourth-order valence-electron chi connectivity index (χ4n) is 1.19. The minimum absolute atomic E-state index is 0.262. The molecule has 0 aliphatic heterocycles. The molecule has 0 spiro atoms. The van der Waals surface area contributed by atoms with Gasteiger partial charge in [0.1, 0.15) is 5.82 Å². The molecule has 0 aromatic heterocycles. The highest BCUT2D eigenvalue weighted by Gasteiger charge is 2.24. The summed E-state index contributed by atoms with van der Waals surface area (Å²) in [6.07, 6.45) is 0. The van der Waals surface area contributed by atoms with E-state index in [2.05, 4.69) is 26.6 Å². The minimum Gasteiger partial charge on any atom is -0.394 e. The van der Waals surface area contributed by atoms with Crippen molar-refractivity contribution < 1.29 is 19.4 Å². The Balaban J connectivity index is 2.70. The highest BCUT2D eigenvalue weighted by atomic mass is 79.9. The first-order valence-electron chi connectivity index (χ1n) is 5.15. The van der Waals surface area contributed by atoms with Gasteiger partial charge in [-0.05, 0) is 25.1 Å². The Kier molecular flexibility index (Phi) is 5.06. The van der Waals surface area contributed by atoms with Gasteiger partial charge in [0.15, 0.2) is 0 Å². The molecular weight excluding hydrogens is 307 g/mol. The molecule has 0 saturated carbocycles. The predicted octanol–water partition coefficient (Wildman–Crippen LogP) is 1.45. The summed E-state index contributed by atoms with van der Waals surface area (Å²) in [5, 5.41) is 22.8. The van der Waals surface area contributed by atoms with E-state index in [0.717, 1.165) is 6.07 Å². The van der Waals surface area contributed by atoms with E-state index < -0.39 is 30.6 Å². The number of aliphatic hydroxyl groups is 2. The summed E-state index contributed by atoms with van der Waals surface area (Å²) in [5.41, 5.74) is -0.869. The molecule has 0 aliphatic rings. The monoisotopic (exact) mass is 320 g/mol. The molecule has 18 heavy (non-hydrogen) atoms. The van der Waals surface area contributed by atoms with Crippen LogP contribution in [0.3, 0.4) is 0 Å². The molecule has 1 aromatic rings. The molecule has 5 nitrogen and oxygen atoms in total. The Hall–Kier alpha value is -1.18. The van der Waals surface area contributed by atoms with Crippen molar-refractivity contribution in [2.75, 3.05) is 18.5 Å². The fraction of sp³-hybridized carbons (Fsp3) is 0.364. The number of amides is 2. The second kappa shape index (κ2) is 6.12. The normalized spacial score (nSPS) is 11.2. The summed E-state index contributed by atoms with van der Waals surface area (Å²) in [4.78, 5) is 11.6. The third-order valence-electron chi connectivity index (χ3n) is 2.23. The molecule has 1 aromatic carbocycles. The van der Waals surface area contributed by atoms with Gasteiger partial charge in [0.2, 0.25) is 0 Å². The van der Waals surface area contributed by atoms with Crippen molar-refractivity contribution >= 4 is 27.6 Å². The Morgan fingerprint density at radius 1 is 1.39 bits per heavy atom. The number of hydrogen-bond acceptors (Lipinski definition) is 3. The van der Waals surface area contributed by atoms with Gasteiger partial charge in [-0.1, -0.05) is 15.9 Å². The van der Waals surface area contributed by atoms with E-state index in [-0.39, 0.29) is 5.69 Å². The average Bonchev–Trinajstić information content (AvgIpc) is 2.27. The number of hydrogen-bond donors (Lipinski definition) is 4. The Labute approximate surface area is 112 Å². The van der Waals surface area contributed by atoms with Crippen LogP contribution in [-0.4, -0.2) is 35.0 Å².